The Kier molecular flexibility index (Phi) is 3.71. The molecule has 1 aromatic heterocycles. The molecule has 0 atom stereocenters. The van der Waals surface area contributed by atoms with E-state index in [1.165, 1.54) is 0 Å². The quantitative estimate of drug-likeness (QED) is 0.641. The summed E-state index contributed by atoms with van der Waals surface area (Å²) in [6, 6.07) is 1.15. The summed E-state index contributed by atoms with van der Waals surface area (Å²) >= 11 is 1.54. The molecule has 0 bridgehead atoms. The molecule has 0 aromatic carbocycles. The largest absolute Gasteiger partial charge is 0.384 e. The number of nitrogens with two attached hydrogens (primary N) is 1. The summed E-state index contributed by atoms with van der Waals surface area (Å²) in [5.74, 6) is -0.178. The first kappa shape index (κ1) is 12.8. The number of halogens is 4. The highest BCUT2D eigenvalue weighted by atomic mass is 127. The summed E-state index contributed by atoms with van der Waals surface area (Å²) in [6.07, 6.45) is -2.98. The van der Waals surface area contributed by atoms with Gasteiger partial charge in [0, 0.05) is 14.3 Å². The van der Waals surface area contributed by atoms with Crippen molar-refractivity contribution in [2.24, 2.45) is 0 Å². The van der Waals surface area contributed by atoms with E-state index >= 15 is 0 Å². The molecule has 84 valence electrons. The van der Waals surface area contributed by atoms with E-state index in [1.54, 1.807) is 22.6 Å². The first-order chi connectivity index (χ1) is 6.73. The molecule has 0 aliphatic carbocycles. The maximum Gasteiger partial charge on any atom is 0.279 e. The van der Waals surface area contributed by atoms with Gasteiger partial charge < -0.3 is 5.73 Å². The van der Waals surface area contributed by atoms with Crippen LogP contribution in [0.25, 0.3) is 0 Å². The fourth-order valence-electron chi connectivity index (χ4n) is 0.903. The Morgan fingerprint density at radius 1 is 1.53 bits per heavy atom. The minimum atomic E-state index is -4.33. The highest BCUT2D eigenvalue weighted by Gasteiger charge is 2.26. The highest BCUT2D eigenvalue weighted by molar-refractivity contribution is 14.1. The molecule has 0 amide bonds. The van der Waals surface area contributed by atoms with E-state index < -0.39 is 26.1 Å². The van der Waals surface area contributed by atoms with Gasteiger partial charge in [0.25, 0.3) is 15.5 Å². The minimum Gasteiger partial charge on any atom is -0.384 e. The molecule has 1 aromatic rings. The van der Waals surface area contributed by atoms with E-state index in [9.17, 15) is 17.2 Å². The summed E-state index contributed by atoms with van der Waals surface area (Å²) in [4.78, 5) is 3.30. The zero-order valence-corrected chi connectivity index (χ0v) is 10.6. The normalized spacial score (nSPS) is 12.1. The second-order valence-electron chi connectivity index (χ2n) is 2.49. The van der Waals surface area contributed by atoms with Gasteiger partial charge in [-0.2, -0.15) is 0 Å². The molecule has 15 heavy (non-hydrogen) atoms. The molecule has 0 spiro atoms. The van der Waals surface area contributed by atoms with Crippen LogP contribution in [0.5, 0.6) is 0 Å². The van der Waals surface area contributed by atoms with Crippen LogP contribution in [0.1, 0.15) is 12.0 Å². The molecule has 0 aliphatic heterocycles. The van der Waals surface area contributed by atoms with Crippen molar-refractivity contribution in [3.63, 3.8) is 0 Å². The molecule has 0 saturated carbocycles. The molecule has 4 nitrogen and oxygen atoms in total. The molecule has 0 saturated heterocycles. The number of hydrogen-bond donors (Lipinski definition) is 1. The van der Waals surface area contributed by atoms with Crippen molar-refractivity contribution in [1.82, 2.24) is 4.98 Å². The average Bonchev–Trinajstić information content (AvgIpc) is 1.99. The van der Waals surface area contributed by atoms with Crippen molar-refractivity contribution in [2.45, 2.75) is 11.5 Å². The van der Waals surface area contributed by atoms with E-state index in [-0.39, 0.29) is 9.39 Å². The summed E-state index contributed by atoms with van der Waals surface area (Å²) in [5.41, 5.74) is 4.52. The Bertz CT molecular complexity index is 494. The van der Waals surface area contributed by atoms with Crippen LogP contribution in [-0.4, -0.2) is 13.4 Å². The van der Waals surface area contributed by atoms with Crippen LogP contribution in [0.2, 0.25) is 0 Å². The number of alkyl halides is 2. The number of hydrogen-bond acceptors (Lipinski definition) is 4. The fraction of sp³-hybridized carbons (Fsp3) is 0.167. The third-order valence-corrected chi connectivity index (χ3v) is 3.55. The minimum absolute atomic E-state index is 0.00863. The Hall–Kier alpha value is -0.220. The lowest BCUT2D eigenvalue weighted by Crippen LogP contribution is -2.07. The van der Waals surface area contributed by atoms with Crippen LogP contribution in [0.15, 0.2) is 11.1 Å². The Morgan fingerprint density at radius 3 is 2.47 bits per heavy atom. The van der Waals surface area contributed by atoms with Gasteiger partial charge >= 0.3 is 0 Å². The van der Waals surface area contributed by atoms with Crippen LogP contribution in [0, 0.1) is 3.57 Å². The first-order valence-corrected chi connectivity index (χ1v) is 6.81. The molecule has 1 heterocycles. The maximum atomic E-state index is 12.5. The van der Waals surface area contributed by atoms with Crippen LogP contribution in [-0.2, 0) is 9.05 Å². The lowest BCUT2D eigenvalue weighted by atomic mass is 10.3. The van der Waals surface area contributed by atoms with E-state index in [1.807, 2.05) is 0 Å². The molecule has 0 fully saturated rings. The molecule has 0 unspecified atom stereocenters. The Balaban J connectivity index is 3.62. The van der Waals surface area contributed by atoms with Gasteiger partial charge in [0.05, 0.1) is 5.56 Å². The number of pyridine rings is 1. The first-order valence-electron chi connectivity index (χ1n) is 3.42. The number of rotatable bonds is 2. The number of nitrogens with zero attached hydrogens (tertiary/aromatic N) is 1. The molecule has 1 rings (SSSR count). The lowest BCUT2D eigenvalue weighted by Gasteiger charge is -2.08. The van der Waals surface area contributed by atoms with E-state index in [0.717, 1.165) is 6.07 Å². The third-order valence-electron chi connectivity index (χ3n) is 1.44. The second-order valence-corrected chi connectivity index (χ2v) is 6.13. The van der Waals surface area contributed by atoms with Crippen LogP contribution < -0.4 is 5.73 Å². The molecule has 0 radical (unpaired) electrons. The van der Waals surface area contributed by atoms with E-state index in [4.69, 9.17) is 16.4 Å². The highest BCUT2D eigenvalue weighted by Crippen LogP contribution is 2.32. The smallest absolute Gasteiger partial charge is 0.279 e. The Labute approximate surface area is 102 Å². The van der Waals surface area contributed by atoms with Gasteiger partial charge in [0.1, 0.15) is 5.82 Å². The standard InChI is InChI=1S/C6H4ClF2IN2O2S/c7-15(13,14)6-4(5(8)9)2(10)1-3(11)12-6/h1,5H,(H2,11,12). The maximum absolute atomic E-state index is 12.5. The Morgan fingerprint density at radius 2 is 2.07 bits per heavy atom. The number of aromatic nitrogens is 1. The van der Waals surface area contributed by atoms with Crippen LogP contribution in [0.3, 0.4) is 0 Å². The van der Waals surface area contributed by atoms with E-state index in [2.05, 4.69) is 4.98 Å². The topological polar surface area (TPSA) is 73.1 Å². The monoisotopic (exact) mass is 368 g/mol. The molecular weight excluding hydrogens is 364 g/mol. The SMILES string of the molecule is Nc1cc(I)c(C(F)F)c(S(=O)(=O)Cl)n1. The summed E-state index contributed by atoms with van der Waals surface area (Å²) in [5, 5.41) is -0.886. The van der Waals surface area contributed by atoms with Gasteiger partial charge in [-0.3, -0.25) is 0 Å². The van der Waals surface area contributed by atoms with Gasteiger partial charge in [-0.25, -0.2) is 22.2 Å². The van der Waals surface area contributed by atoms with Gasteiger partial charge in [-0.15, -0.1) is 0 Å². The van der Waals surface area contributed by atoms with Crippen molar-refractivity contribution in [2.75, 3.05) is 5.73 Å². The third kappa shape index (κ3) is 2.88. The zero-order chi connectivity index (χ0) is 11.8. The van der Waals surface area contributed by atoms with Crippen molar-refractivity contribution in [1.29, 1.82) is 0 Å². The predicted molar refractivity (Wildman–Crippen MR) is 59.4 cm³/mol. The van der Waals surface area contributed by atoms with Crippen molar-refractivity contribution in [3.05, 3.63) is 15.2 Å². The fourth-order valence-corrected chi connectivity index (χ4v) is 2.92. The van der Waals surface area contributed by atoms with Crippen molar-refractivity contribution < 1.29 is 17.2 Å². The summed E-state index contributed by atoms with van der Waals surface area (Å²) in [6.45, 7) is 0. The second kappa shape index (κ2) is 4.34. The van der Waals surface area contributed by atoms with Crippen molar-refractivity contribution in [3.8, 4) is 0 Å². The molecular formula is C6H4ClF2IN2O2S. The zero-order valence-electron chi connectivity index (χ0n) is 6.92. The average molecular weight is 369 g/mol. The van der Waals surface area contributed by atoms with Crippen molar-refractivity contribution >= 4 is 48.1 Å². The lowest BCUT2D eigenvalue weighted by molar-refractivity contribution is 0.146. The molecule has 9 heteroatoms. The number of nitrogen functional groups attached to an aromatic ring is 1. The van der Waals surface area contributed by atoms with Gasteiger partial charge in [0.2, 0.25) is 0 Å². The van der Waals surface area contributed by atoms with Crippen LogP contribution in [0.4, 0.5) is 14.6 Å². The number of anilines is 1. The predicted octanol–water partition coefficient (Wildman–Crippen LogP) is 2.13. The van der Waals surface area contributed by atoms with Gasteiger partial charge in [0.15, 0.2) is 5.03 Å². The summed E-state index contributed by atoms with van der Waals surface area (Å²) in [7, 11) is 0.642. The van der Waals surface area contributed by atoms with Crippen LogP contribution >= 0.6 is 33.3 Å². The molecule has 0 aliphatic rings. The van der Waals surface area contributed by atoms with Gasteiger partial charge in [-0.1, -0.05) is 0 Å². The van der Waals surface area contributed by atoms with E-state index in [0.29, 0.717) is 0 Å². The van der Waals surface area contributed by atoms with Gasteiger partial charge in [-0.05, 0) is 28.7 Å². The summed E-state index contributed by atoms with van der Waals surface area (Å²) < 4.78 is 47.0. The molecule has 2 N–H and O–H groups in total.